The molecule has 2 aromatic rings. The third-order valence-electron chi connectivity index (χ3n) is 4.37. The first-order chi connectivity index (χ1) is 12.6. The molecule has 0 aliphatic carbocycles. The van der Waals surface area contributed by atoms with Crippen LogP contribution in [0.5, 0.6) is 17.2 Å². The maximum atomic E-state index is 12.3. The highest BCUT2D eigenvalue weighted by molar-refractivity contribution is 5.92. The largest absolute Gasteiger partial charge is 0.496 e. The molecule has 0 bridgehead atoms. The van der Waals surface area contributed by atoms with Crippen LogP contribution in [0.1, 0.15) is 36.1 Å². The third-order valence-corrected chi connectivity index (χ3v) is 4.37. The van der Waals surface area contributed by atoms with Crippen LogP contribution in [-0.4, -0.2) is 19.8 Å². The molecule has 0 saturated carbocycles. The number of nitrogens with one attached hydrogen (secondary N) is 1. The first-order valence-corrected chi connectivity index (χ1v) is 8.63. The molecule has 0 fully saturated rings. The fourth-order valence-electron chi connectivity index (χ4n) is 2.95. The molecule has 1 amide bonds. The molecule has 0 spiro atoms. The summed E-state index contributed by atoms with van der Waals surface area (Å²) in [5.41, 5.74) is 3.00. The Hall–Kier alpha value is -2.95. The van der Waals surface area contributed by atoms with Crippen LogP contribution in [0, 0.1) is 6.92 Å². The van der Waals surface area contributed by atoms with Crippen molar-refractivity contribution in [2.75, 3.05) is 13.9 Å². The second-order valence-corrected chi connectivity index (χ2v) is 6.14. The predicted octanol–water partition coefficient (Wildman–Crippen LogP) is 4.01. The molecule has 1 heterocycles. The van der Waals surface area contributed by atoms with Crippen LogP contribution in [0.3, 0.4) is 0 Å². The molecular weight excluding hydrogens is 330 g/mol. The standard InChI is InChI=1S/C21H23NO4/c1-4-17(16-7-9-18(24-3)14(2)11-16)22-21(23)10-6-15-5-8-19-20(12-15)26-13-25-19/h5-12,17H,4,13H2,1-3H3,(H,22,23)/b10-6+. The van der Waals surface area contributed by atoms with Crippen molar-refractivity contribution in [1.82, 2.24) is 5.32 Å². The van der Waals surface area contributed by atoms with Crippen LogP contribution >= 0.6 is 0 Å². The number of rotatable bonds is 6. The Morgan fingerprint density at radius 3 is 2.77 bits per heavy atom. The molecule has 136 valence electrons. The second kappa shape index (κ2) is 7.95. The van der Waals surface area contributed by atoms with Crippen LogP contribution < -0.4 is 19.5 Å². The average Bonchev–Trinajstić information content (AvgIpc) is 3.12. The highest BCUT2D eigenvalue weighted by Crippen LogP contribution is 2.32. The van der Waals surface area contributed by atoms with Crippen molar-refractivity contribution in [1.29, 1.82) is 0 Å². The number of hydrogen-bond acceptors (Lipinski definition) is 4. The van der Waals surface area contributed by atoms with E-state index in [0.29, 0.717) is 5.75 Å². The van der Waals surface area contributed by atoms with Gasteiger partial charge in [-0.1, -0.05) is 25.1 Å². The number of aryl methyl sites for hydroxylation is 1. The Morgan fingerprint density at radius 2 is 2.04 bits per heavy atom. The summed E-state index contributed by atoms with van der Waals surface area (Å²) in [4.78, 5) is 12.3. The van der Waals surface area contributed by atoms with E-state index >= 15 is 0 Å². The fourth-order valence-corrected chi connectivity index (χ4v) is 2.95. The molecule has 1 N–H and O–H groups in total. The topological polar surface area (TPSA) is 56.8 Å². The van der Waals surface area contributed by atoms with Crippen molar-refractivity contribution in [3.05, 3.63) is 59.2 Å². The van der Waals surface area contributed by atoms with E-state index in [9.17, 15) is 4.79 Å². The minimum Gasteiger partial charge on any atom is -0.496 e. The Balaban J connectivity index is 1.66. The number of ether oxygens (including phenoxy) is 3. The van der Waals surface area contributed by atoms with E-state index in [1.165, 1.54) is 6.08 Å². The van der Waals surface area contributed by atoms with Crippen molar-refractivity contribution >= 4 is 12.0 Å². The molecule has 2 aromatic carbocycles. The average molecular weight is 353 g/mol. The molecular formula is C21H23NO4. The van der Waals surface area contributed by atoms with E-state index < -0.39 is 0 Å². The van der Waals surface area contributed by atoms with Crippen LogP contribution in [0.25, 0.3) is 6.08 Å². The van der Waals surface area contributed by atoms with Crippen LogP contribution in [-0.2, 0) is 4.79 Å². The Morgan fingerprint density at radius 1 is 1.23 bits per heavy atom. The summed E-state index contributed by atoms with van der Waals surface area (Å²) in [6.07, 6.45) is 4.11. The maximum Gasteiger partial charge on any atom is 0.244 e. The van der Waals surface area contributed by atoms with E-state index in [0.717, 1.165) is 34.6 Å². The minimum atomic E-state index is -0.136. The minimum absolute atomic E-state index is 0.0477. The molecule has 0 radical (unpaired) electrons. The molecule has 0 saturated heterocycles. The van der Waals surface area contributed by atoms with Gasteiger partial charge in [0.1, 0.15) is 5.75 Å². The number of carbonyl (C=O) groups is 1. The summed E-state index contributed by atoms with van der Waals surface area (Å²) in [5.74, 6) is 2.14. The number of amides is 1. The number of methoxy groups -OCH3 is 1. The second-order valence-electron chi connectivity index (χ2n) is 6.14. The van der Waals surface area contributed by atoms with Gasteiger partial charge in [0, 0.05) is 6.08 Å². The summed E-state index contributed by atoms with van der Waals surface area (Å²) in [6.45, 7) is 4.28. The van der Waals surface area contributed by atoms with Gasteiger partial charge in [-0.05, 0) is 54.3 Å². The molecule has 5 nitrogen and oxygen atoms in total. The monoisotopic (exact) mass is 353 g/mol. The zero-order chi connectivity index (χ0) is 18.5. The highest BCUT2D eigenvalue weighted by atomic mass is 16.7. The Bertz CT molecular complexity index is 829. The predicted molar refractivity (Wildman–Crippen MR) is 101 cm³/mol. The molecule has 1 unspecified atom stereocenters. The Kier molecular flexibility index (Phi) is 5.46. The summed E-state index contributed by atoms with van der Waals surface area (Å²) in [5, 5.41) is 3.05. The van der Waals surface area contributed by atoms with Crippen molar-refractivity contribution in [2.45, 2.75) is 26.3 Å². The molecule has 26 heavy (non-hydrogen) atoms. The van der Waals surface area contributed by atoms with Gasteiger partial charge in [0.2, 0.25) is 12.7 Å². The SMILES string of the molecule is CCC(NC(=O)/C=C/c1ccc2c(c1)OCO2)c1ccc(OC)c(C)c1. The lowest BCUT2D eigenvalue weighted by atomic mass is 10.0. The molecule has 3 rings (SSSR count). The first-order valence-electron chi connectivity index (χ1n) is 8.63. The summed E-state index contributed by atoms with van der Waals surface area (Å²) >= 11 is 0. The van der Waals surface area contributed by atoms with Gasteiger partial charge in [-0.3, -0.25) is 4.79 Å². The smallest absolute Gasteiger partial charge is 0.244 e. The number of hydrogen-bond donors (Lipinski definition) is 1. The van der Waals surface area contributed by atoms with Gasteiger partial charge in [0.25, 0.3) is 0 Å². The summed E-state index contributed by atoms with van der Waals surface area (Å²) < 4.78 is 15.9. The van der Waals surface area contributed by atoms with E-state index in [4.69, 9.17) is 14.2 Å². The molecule has 1 atom stereocenters. The van der Waals surface area contributed by atoms with Gasteiger partial charge in [-0.2, -0.15) is 0 Å². The lowest BCUT2D eigenvalue weighted by molar-refractivity contribution is -0.117. The van der Waals surface area contributed by atoms with Gasteiger partial charge < -0.3 is 19.5 Å². The summed E-state index contributed by atoms with van der Waals surface area (Å²) in [7, 11) is 1.65. The van der Waals surface area contributed by atoms with E-state index in [-0.39, 0.29) is 18.7 Å². The zero-order valence-corrected chi connectivity index (χ0v) is 15.2. The van der Waals surface area contributed by atoms with Gasteiger partial charge >= 0.3 is 0 Å². The van der Waals surface area contributed by atoms with Gasteiger partial charge in [0.05, 0.1) is 13.2 Å². The van der Waals surface area contributed by atoms with Crippen LogP contribution in [0.15, 0.2) is 42.5 Å². The Labute approximate surface area is 153 Å². The molecule has 1 aliphatic heterocycles. The normalized spacial score (nSPS) is 13.7. The van der Waals surface area contributed by atoms with Crippen molar-refractivity contribution in [3.8, 4) is 17.2 Å². The van der Waals surface area contributed by atoms with E-state index in [1.54, 1.807) is 13.2 Å². The van der Waals surface area contributed by atoms with Crippen molar-refractivity contribution in [2.24, 2.45) is 0 Å². The number of carbonyl (C=O) groups excluding carboxylic acids is 1. The first kappa shape index (κ1) is 17.9. The van der Waals surface area contributed by atoms with Crippen LogP contribution in [0.2, 0.25) is 0 Å². The van der Waals surface area contributed by atoms with Crippen molar-refractivity contribution < 1.29 is 19.0 Å². The maximum absolute atomic E-state index is 12.3. The molecule has 5 heteroatoms. The van der Waals surface area contributed by atoms with Crippen LogP contribution in [0.4, 0.5) is 0 Å². The molecule has 0 aromatic heterocycles. The van der Waals surface area contributed by atoms with Gasteiger partial charge in [-0.25, -0.2) is 0 Å². The lowest BCUT2D eigenvalue weighted by Crippen LogP contribution is -2.26. The number of fused-ring (bicyclic) bond motifs is 1. The molecule has 1 aliphatic rings. The summed E-state index contributed by atoms with van der Waals surface area (Å²) in [6, 6.07) is 11.5. The number of benzene rings is 2. The lowest BCUT2D eigenvalue weighted by Gasteiger charge is -2.18. The highest BCUT2D eigenvalue weighted by Gasteiger charge is 2.14. The van der Waals surface area contributed by atoms with Gasteiger partial charge in [0.15, 0.2) is 11.5 Å². The quantitative estimate of drug-likeness (QED) is 0.797. The van der Waals surface area contributed by atoms with Crippen molar-refractivity contribution in [3.63, 3.8) is 0 Å². The fraction of sp³-hybridized carbons (Fsp3) is 0.286. The van der Waals surface area contributed by atoms with E-state index in [1.807, 2.05) is 44.2 Å². The van der Waals surface area contributed by atoms with E-state index in [2.05, 4.69) is 11.4 Å². The van der Waals surface area contributed by atoms with Gasteiger partial charge in [-0.15, -0.1) is 0 Å². The third kappa shape index (κ3) is 3.99. The zero-order valence-electron chi connectivity index (χ0n) is 15.2.